The average molecular weight is 345 g/mol. The van der Waals surface area contributed by atoms with Crippen LogP contribution in [0.3, 0.4) is 0 Å². The van der Waals surface area contributed by atoms with Gasteiger partial charge in [-0.05, 0) is 36.4 Å². The zero-order chi connectivity index (χ0) is 13.8. The molecule has 0 atom stereocenters. The van der Waals surface area contributed by atoms with Gasteiger partial charge in [0, 0.05) is 21.6 Å². The smallest absolute Gasteiger partial charge is 0.146 e. The highest BCUT2D eigenvalue weighted by atomic mass is 79.9. The summed E-state index contributed by atoms with van der Waals surface area (Å²) in [6.07, 6.45) is 0. The maximum absolute atomic E-state index is 13.6. The molecule has 0 aliphatic carbocycles. The molecule has 0 unspecified atom stereocenters. The Morgan fingerprint density at radius 2 is 2.05 bits per heavy atom. The summed E-state index contributed by atoms with van der Waals surface area (Å²) in [7, 11) is 1.59. The normalized spacial score (nSPS) is 10.3. The van der Waals surface area contributed by atoms with Gasteiger partial charge in [-0.25, -0.2) is 4.39 Å². The van der Waals surface area contributed by atoms with Crippen molar-refractivity contribution in [3.05, 3.63) is 57.3 Å². The third-order valence-corrected chi connectivity index (χ3v) is 3.37. The van der Waals surface area contributed by atoms with E-state index >= 15 is 0 Å². The van der Waals surface area contributed by atoms with E-state index in [1.54, 1.807) is 37.4 Å². The number of hydrogen-bond acceptors (Lipinski definition) is 2. The van der Waals surface area contributed by atoms with Crippen LogP contribution in [0.2, 0.25) is 5.02 Å². The first-order chi connectivity index (χ1) is 9.10. The summed E-state index contributed by atoms with van der Waals surface area (Å²) in [4.78, 5) is 0. The summed E-state index contributed by atoms with van der Waals surface area (Å²) >= 11 is 9.26. The third kappa shape index (κ3) is 3.61. The van der Waals surface area contributed by atoms with Crippen LogP contribution in [0.15, 0.2) is 40.9 Å². The van der Waals surface area contributed by atoms with E-state index in [9.17, 15) is 4.39 Å². The van der Waals surface area contributed by atoms with Crippen molar-refractivity contribution in [1.29, 1.82) is 0 Å². The molecule has 100 valence electrons. The van der Waals surface area contributed by atoms with E-state index in [0.29, 0.717) is 23.0 Å². The van der Waals surface area contributed by atoms with Crippen molar-refractivity contribution in [1.82, 2.24) is 0 Å². The van der Waals surface area contributed by atoms with E-state index in [2.05, 4.69) is 21.2 Å². The molecule has 2 rings (SSSR count). The van der Waals surface area contributed by atoms with Crippen LogP contribution in [-0.2, 0) is 6.54 Å². The zero-order valence-corrected chi connectivity index (χ0v) is 12.6. The summed E-state index contributed by atoms with van der Waals surface area (Å²) in [5, 5.41) is 3.65. The van der Waals surface area contributed by atoms with Gasteiger partial charge in [-0.1, -0.05) is 27.5 Å². The minimum atomic E-state index is -0.302. The first-order valence-corrected chi connectivity index (χ1v) is 6.78. The minimum absolute atomic E-state index is 0.302. The number of benzene rings is 2. The van der Waals surface area contributed by atoms with E-state index in [1.807, 2.05) is 0 Å². The monoisotopic (exact) mass is 343 g/mol. The minimum Gasteiger partial charge on any atom is -0.496 e. The van der Waals surface area contributed by atoms with Gasteiger partial charge in [-0.2, -0.15) is 0 Å². The molecule has 2 aromatic carbocycles. The number of methoxy groups -OCH3 is 1. The van der Waals surface area contributed by atoms with Crippen molar-refractivity contribution in [3.8, 4) is 5.75 Å². The number of hydrogen-bond donors (Lipinski definition) is 1. The lowest BCUT2D eigenvalue weighted by atomic mass is 10.2. The van der Waals surface area contributed by atoms with Gasteiger partial charge in [0.2, 0.25) is 0 Å². The van der Waals surface area contributed by atoms with Crippen molar-refractivity contribution < 1.29 is 9.13 Å². The molecule has 0 heterocycles. The molecular formula is C14H12BrClFNO. The Kier molecular flexibility index (Phi) is 4.66. The Labute approximate surface area is 124 Å². The fraction of sp³-hybridized carbons (Fsp3) is 0.143. The van der Waals surface area contributed by atoms with Crippen LogP contribution in [0.1, 0.15) is 5.56 Å². The second-order valence-corrected chi connectivity index (χ2v) is 5.29. The second kappa shape index (κ2) is 6.26. The molecule has 0 aliphatic rings. The van der Waals surface area contributed by atoms with Gasteiger partial charge < -0.3 is 10.1 Å². The predicted octanol–water partition coefficient (Wildman–Crippen LogP) is 4.86. The average Bonchev–Trinajstić information content (AvgIpc) is 2.40. The van der Waals surface area contributed by atoms with E-state index < -0.39 is 0 Å². The zero-order valence-electron chi connectivity index (χ0n) is 10.2. The highest BCUT2D eigenvalue weighted by Crippen LogP contribution is 2.25. The highest BCUT2D eigenvalue weighted by Gasteiger charge is 2.06. The summed E-state index contributed by atoms with van der Waals surface area (Å²) in [6, 6.07) is 10.1. The number of ether oxygens (including phenoxy) is 1. The lowest BCUT2D eigenvalue weighted by molar-refractivity contribution is 0.410. The molecule has 1 N–H and O–H groups in total. The van der Waals surface area contributed by atoms with Crippen LogP contribution in [0.4, 0.5) is 10.1 Å². The van der Waals surface area contributed by atoms with Crippen molar-refractivity contribution >= 4 is 33.2 Å². The van der Waals surface area contributed by atoms with Crippen molar-refractivity contribution in [3.63, 3.8) is 0 Å². The fourth-order valence-electron chi connectivity index (χ4n) is 1.71. The highest BCUT2D eigenvalue weighted by molar-refractivity contribution is 9.10. The molecule has 2 nitrogen and oxygen atoms in total. The van der Waals surface area contributed by atoms with Crippen LogP contribution in [0, 0.1) is 5.82 Å². The molecule has 0 radical (unpaired) electrons. The Morgan fingerprint density at radius 3 is 2.79 bits per heavy atom. The largest absolute Gasteiger partial charge is 0.496 e. The van der Waals surface area contributed by atoms with Gasteiger partial charge >= 0.3 is 0 Å². The Hall–Kier alpha value is -1.26. The molecule has 5 heteroatoms. The molecule has 0 spiro atoms. The Bertz CT molecular complexity index is 592. The van der Waals surface area contributed by atoms with Crippen molar-refractivity contribution in [2.75, 3.05) is 12.4 Å². The molecule has 0 fully saturated rings. The number of anilines is 1. The van der Waals surface area contributed by atoms with Crippen LogP contribution in [0.25, 0.3) is 0 Å². The lowest BCUT2D eigenvalue weighted by Crippen LogP contribution is -2.03. The molecule has 2 aromatic rings. The molecule has 0 bridgehead atoms. The van der Waals surface area contributed by atoms with Crippen LogP contribution >= 0.6 is 27.5 Å². The number of nitrogens with one attached hydrogen (secondary N) is 1. The molecule has 19 heavy (non-hydrogen) atoms. The third-order valence-electron chi connectivity index (χ3n) is 2.64. The van der Waals surface area contributed by atoms with Crippen LogP contribution in [-0.4, -0.2) is 7.11 Å². The first-order valence-electron chi connectivity index (χ1n) is 5.61. The molecule has 0 aliphatic heterocycles. The predicted molar refractivity (Wildman–Crippen MR) is 79.4 cm³/mol. The van der Waals surface area contributed by atoms with E-state index in [4.69, 9.17) is 16.3 Å². The maximum Gasteiger partial charge on any atom is 0.146 e. The first kappa shape index (κ1) is 14.2. The number of rotatable bonds is 4. The van der Waals surface area contributed by atoms with E-state index in [1.165, 1.54) is 6.07 Å². The van der Waals surface area contributed by atoms with Crippen molar-refractivity contribution in [2.24, 2.45) is 0 Å². The van der Waals surface area contributed by atoms with E-state index in [-0.39, 0.29) is 5.82 Å². The van der Waals surface area contributed by atoms with Crippen LogP contribution in [0.5, 0.6) is 5.75 Å². The summed E-state index contributed by atoms with van der Waals surface area (Å²) in [5.41, 5.74) is 1.30. The van der Waals surface area contributed by atoms with Gasteiger partial charge in [0.05, 0.1) is 12.8 Å². The molecule has 0 aromatic heterocycles. The maximum atomic E-state index is 13.6. The number of halogens is 3. The fourth-order valence-corrected chi connectivity index (χ4v) is 2.26. The SMILES string of the molecule is COc1ccc(Cl)cc1CNc1cc(Br)ccc1F. The standard InChI is InChI=1S/C14H12BrClFNO/c1-19-14-5-3-11(16)6-9(14)8-18-13-7-10(15)2-4-12(13)17/h2-7,18H,8H2,1H3. The molecule has 0 amide bonds. The van der Waals surface area contributed by atoms with Gasteiger partial charge in [-0.15, -0.1) is 0 Å². The Morgan fingerprint density at radius 1 is 1.26 bits per heavy atom. The van der Waals surface area contributed by atoms with Crippen LogP contribution < -0.4 is 10.1 Å². The van der Waals surface area contributed by atoms with E-state index in [0.717, 1.165) is 10.0 Å². The summed E-state index contributed by atoms with van der Waals surface area (Å²) in [6.45, 7) is 0.428. The quantitative estimate of drug-likeness (QED) is 0.855. The molecule has 0 saturated carbocycles. The van der Waals surface area contributed by atoms with Gasteiger partial charge in [0.25, 0.3) is 0 Å². The van der Waals surface area contributed by atoms with Gasteiger partial charge in [0.1, 0.15) is 11.6 Å². The van der Waals surface area contributed by atoms with Gasteiger partial charge in [0.15, 0.2) is 0 Å². The molecule has 0 saturated heterocycles. The van der Waals surface area contributed by atoms with Crippen molar-refractivity contribution in [2.45, 2.75) is 6.54 Å². The summed E-state index contributed by atoms with van der Waals surface area (Å²) < 4.78 is 19.6. The lowest BCUT2D eigenvalue weighted by Gasteiger charge is -2.12. The van der Waals surface area contributed by atoms with Gasteiger partial charge in [-0.3, -0.25) is 0 Å². The second-order valence-electron chi connectivity index (χ2n) is 3.93. The molecular weight excluding hydrogens is 333 g/mol. The summed E-state index contributed by atoms with van der Waals surface area (Å²) in [5.74, 6) is 0.413. The topological polar surface area (TPSA) is 21.3 Å². The Balaban J connectivity index is 2.18.